The number of urea groups is 1. The summed E-state index contributed by atoms with van der Waals surface area (Å²) in [6.07, 6.45) is 5.15. The number of nitrogens with zero attached hydrogens (tertiary/aromatic N) is 2. The summed E-state index contributed by atoms with van der Waals surface area (Å²) >= 11 is 0. The van der Waals surface area contributed by atoms with Gasteiger partial charge >= 0.3 is 12.0 Å². The number of carboxylic acid groups (broad SMARTS) is 1. The molecule has 1 saturated heterocycles. The van der Waals surface area contributed by atoms with Gasteiger partial charge in [0.25, 0.3) is 0 Å². The lowest BCUT2D eigenvalue weighted by atomic mass is 9.85. The zero-order valence-electron chi connectivity index (χ0n) is 14.8. The van der Waals surface area contributed by atoms with Crippen LogP contribution < -0.4 is 5.32 Å². The number of amides is 2. The van der Waals surface area contributed by atoms with E-state index in [9.17, 15) is 9.59 Å². The minimum atomic E-state index is -0.805. The fourth-order valence-electron chi connectivity index (χ4n) is 4.02. The first kappa shape index (κ1) is 19.0. The van der Waals surface area contributed by atoms with Gasteiger partial charge in [0.15, 0.2) is 0 Å². The van der Waals surface area contributed by atoms with E-state index in [1.54, 1.807) is 0 Å². The SMILES string of the molecule is CCN(CC(=O)O)C1CC(NC(=O)N2CCCC2(C)CCCO)C1. The van der Waals surface area contributed by atoms with Gasteiger partial charge in [0.1, 0.15) is 0 Å². The van der Waals surface area contributed by atoms with E-state index in [2.05, 4.69) is 12.2 Å². The molecule has 2 aliphatic rings. The number of aliphatic hydroxyl groups excluding tert-OH is 1. The maximum absolute atomic E-state index is 12.6. The molecule has 2 amide bonds. The third-order valence-corrected chi connectivity index (χ3v) is 5.57. The second-order valence-electron chi connectivity index (χ2n) is 7.31. The number of hydrogen-bond acceptors (Lipinski definition) is 4. The van der Waals surface area contributed by atoms with Crippen LogP contribution in [-0.2, 0) is 4.79 Å². The largest absolute Gasteiger partial charge is 0.480 e. The third kappa shape index (κ3) is 4.39. The molecule has 1 saturated carbocycles. The number of hydrogen-bond donors (Lipinski definition) is 3. The Bertz CT molecular complexity index is 453. The van der Waals surface area contributed by atoms with Gasteiger partial charge in [0.2, 0.25) is 0 Å². The van der Waals surface area contributed by atoms with Gasteiger partial charge in [-0.15, -0.1) is 0 Å². The molecule has 0 aromatic rings. The first-order valence-electron chi connectivity index (χ1n) is 9.04. The molecule has 0 aromatic heterocycles. The van der Waals surface area contributed by atoms with Gasteiger partial charge in [-0.1, -0.05) is 6.92 Å². The molecule has 7 heteroatoms. The third-order valence-electron chi connectivity index (χ3n) is 5.57. The number of carboxylic acids is 1. The predicted molar refractivity (Wildman–Crippen MR) is 90.9 cm³/mol. The van der Waals surface area contributed by atoms with Gasteiger partial charge in [0.05, 0.1) is 6.54 Å². The van der Waals surface area contributed by atoms with Crippen LogP contribution in [0.15, 0.2) is 0 Å². The molecule has 1 aliphatic heterocycles. The van der Waals surface area contributed by atoms with Crippen LogP contribution >= 0.6 is 0 Å². The van der Waals surface area contributed by atoms with Gasteiger partial charge in [-0.2, -0.15) is 0 Å². The van der Waals surface area contributed by atoms with Gasteiger partial charge in [-0.25, -0.2) is 4.79 Å². The van der Waals surface area contributed by atoms with Crippen molar-refractivity contribution in [1.29, 1.82) is 0 Å². The molecule has 0 aromatic carbocycles. The van der Waals surface area contributed by atoms with Crippen molar-refractivity contribution in [3.05, 3.63) is 0 Å². The van der Waals surface area contributed by atoms with Crippen molar-refractivity contribution in [2.75, 3.05) is 26.2 Å². The highest BCUT2D eigenvalue weighted by molar-refractivity contribution is 5.76. The number of likely N-dealkylation sites (tertiary alicyclic amines) is 1. The second-order valence-corrected chi connectivity index (χ2v) is 7.31. The topological polar surface area (TPSA) is 93.1 Å². The van der Waals surface area contributed by atoms with E-state index in [-0.39, 0.29) is 36.8 Å². The van der Waals surface area contributed by atoms with E-state index in [4.69, 9.17) is 10.2 Å². The summed E-state index contributed by atoms with van der Waals surface area (Å²) in [6.45, 7) is 5.77. The minimum Gasteiger partial charge on any atom is -0.480 e. The standard InChI is InChI=1S/C17H31N3O4/c1-3-19(12-15(22)23)14-10-13(11-14)18-16(24)20-8-4-6-17(20,2)7-5-9-21/h13-14,21H,3-12H2,1-2H3,(H,18,24)(H,22,23). The molecule has 7 nitrogen and oxygen atoms in total. The molecule has 0 radical (unpaired) electrons. The van der Waals surface area contributed by atoms with Crippen molar-refractivity contribution in [2.45, 2.75) is 70.0 Å². The molecule has 0 bridgehead atoms. The molecule has 2 fully saturated rings. The number of carbonyl (C=O) groups excluding carboxylic acids is 1. The molecule has 1 heterocycles. The molecule has 1 unspecified atom stereocenters. The van der Waals surface area contributed by atoms with E-state index in [0.29, 0.717) is 13.0 Å². The van der Waals surface area contributed by atoms with E-state index >= 15 is 0 Å². The van der Waals surface area contributed by atoms with Gasteiger partial charge in [0, 0.05) is 30.8 Å². The predicted octanol–water partition coefficient (Wildman–Crippen LogP) is 1.26. The lowest BCUT2D eigenvalue weighted by molar-refractivity contribution is -0.139. The van der Waals surface area contributed by atoms with Crippen molar-refractivity contribution in [3.63, 3.8) is 0 Å². The average molecular weight is 341 g/mol. The van der Waals surface area contributed by atoms with E-state index in [0.717, 1.165) is 38.6 Å². The summed E-state index contributed by atoms with van der Waals surface area (Å²) in [5.74, 6) is -0.805. The quantitative estimate of drug-likeness (QED) is 0.618. The number of aliphatic carboxylic acids is 1. The average Bonchev–Trinajstić information content (AvgIpc) is 2.88. The van der Waals surface area contributed by atoms with Crippen molar-refractivity contribution in [3.8, 4) is 0 Å². The second kappa shape index (κ2) is 8.16. The summed E-state index contributed by atoms with van der Waals surface area (Å²) in [5, 5.41) is 21.1. The minimum absolute atomic E-state index is 0.0160. The smallest absolute Gasteiger partial charge is 0.318 e. The maximum atomic E-state index is 12.6. The summed E-state index contributed by atoms with van der Waals surface area (Å²) in [4.78, 5) is 27.3. The zero-order chi connectivity index (χ0) is 17.7. The first-order chi connectivity index (χ1) is 11.4. The van der Waals surface area contributed by atoms with Crippen LogP contribution in [0, 0.1) is 0 Å². The van der Waals surface area contributed by atoms with Crippen LogP contribution in [0.5, 0.6) is 0 Å². The van der Waals surface area contributed by atoms with E-state index in [1.807, 2.05) is 16.7 Å². The van der Waals surface area contributed by atoms with Gasteiger partial charge in [-0.05, 0) is 52.0 Å². The molecule has 138 valence electrons. The Morgan fingerprint density at radius 3 is 2.67 bits per heavy atom. The number of likely N-dealkylation sites (N-methyl/N-ethyl adjacent to an activating group) is 1. The van der Waals surface area contributed by atoms with Crippen molar-refractivity contribution in [2.24, 2.45) is 0 Å². The van der Waals surface area contributed by atoms with Gasteiger partial charge in [-0.3, -0.25) is 9.69 Å². The molecular formula is C17H31N3O4. The number of nitrogens with one attached hydrogen (secondary N) is 1. The Kier molecular flexibility index (Phi) is 6.46. The number of rotatable bonds is 8. The van der Waals surface area contributed by atoms with Crippen molar-refractivity contribution >= 4 is 12.0 Å². The molecule has 1 atom stereocenters. The van der Waals surface area contributed by atoms with Crippen LogP contribution in [-0.4, -0.2) is 75.9 Å². The number of carbonyl (C=O) groups is 2. The van der Waals surface area contributed by atoms with Crippen LogP contribution in [0.4, 0.5) is 4.79 Å². The zero-order valence-corrected chi connectivity index (χ0v) is 14.8. The Morgan fingerprint density at radius 2 is 2.08 bits per heavy atom. The highest BCUT2D eigenvalue weighted by Gasteiger charge is 2.41. The number of aliphatic hydroxyl groups is 1. The van der Waals surface area contributed by atoms with E-state index in [1.165, 1.54) is 0 Å². The van der Waals surface area contributed by atoms with Crippen LogP contribution in [0.3, 0.4) is 0 Å². The van der Waals surface area contributed by atoms with E-state index < -0.39 is 5.97 Å². The van der Waals surface area contributed by atoms with Crippen LogP contribution in [0.2, 0.25) is 0 Å². The first-order valence-corrected chi connectivity index (χ1v) is 9.04. The fraction of sp³-hybridized carbons (Fsp3) is 0.882. The Hall–Kier alpha value is -1.34. The molecule has 2 rings (SSSR count). The summed E-state index contributed by atoms with van der Waals surface area (Å²) in [7, 11) is 0. The Labute approximate surface area is 144 Å². The lowest BCUT2D eigenvalue weighted by Gasteiger charge is -2.44. The van der Waals surface area contributed by atoms with Crippen LogP contribution in [0.1, 0.15) is 52.4 Å². The molecular weight excluding hydrogens is 310 g/mol. The highest BCUT2D eigenvalue weighted by atomic mass is 16.4. The summed E-state index contributed by atoms with van der Waals surface area (Å²) < 4.78 is 0. The normalized spacial score (nSPS) is 29.6. The molecule has 0 spiro atoms. The van der Waals surface area contributed by atoms with Crippen molar-refractivity contribution < 1.29 is 19.8 Å². The Morgan fingerprint density at radius 1 is 1.38 bits per heavy atom. The summed E-state index contributed by atoms with van der Waals surface area (Å²) in [5.41, 5.74) is -0.158. The monoisotopic (exact) mass is 341 g/mol. The molecule has 24 heavy (non-hydrogen) atoms. The molecule has 1 aliphatic carbocycles. The summed E-state index contributed by atoms with van der Waals surface area (Å²) in [6, 6.07) is 0.362. The molecule has 3 N–H and O–H groups in total. The van der Waals surface area contributed by atoms with Crippen LogP contribution in [0.25, 0.3) is 0 Å². The Balaban J connectivity index is 1.80. The lowest BCUT2D eigenvalue weighted by Crippen LogP contribution is -2.58. The highest BCUT2D eigenvalue weighted by Crippen LogP contribution is 2.34. The van der Waals surface area contributed by atoms with Gasteiger partial charge < -0.3 is 20.4 Å². The maximum Gasteiger partial charge on any atom is 0.318 e. The fourth-order valence-corrected chi connectivity index (χ4v) is 4.02. The van der Waals surface area contributed by atoms with Crippen molar-refractivity contribution in [1.82, 2.24) is 15.1 Å².